The van der Waals surface area contributed by atoms with Crippen molar-refractivity contribution in [2.45, 2.75) is 27.3 Å². The third kappa shape index (κ3) is 2.94. The molecule has 82 valence electrons. The van der Waals surface area contributed by atoms with E-state index in [9.17, 15) is 4.79 Å². The Labute approximate surface area is 90.0 Å². The van der Waals surface area contributed by atoms with Gasteiger partial charge in [0.2, 0.25) is 0 Å². The van der Waals surface area contributed by atoms with Crippen LogP contribution in [0.4, 0.5) is 0 Å². The number of carbonyl (C=O) groups excluding carboxylic acids is 1. The van der Waals surface area contributed by atoms with Crippen LogP contribution in [0.5, 0.6) is 0 Å². The largest absolute Gasteiger partial charge is 0.347 e. The maximum atomic E-state index is 11.7. The Morgan fingerprint density at radius 1 is 1.67 bits per heavy atom. The van der Waals surface area contributed by atoms with E-state index in [0.717, 1.165) is 11.3 Å². The Hall–Kier alpha value is -1.58. The Morgan fingerprint density at radius 2 is 2.33 bits per heavy atom. The Bertz CT molecular complexity index is 379. The van der Waals surface area contributed by atoms with Crippen LogP contribution in [-0.4, -0.2) is 22.2 Å². The molecule has 15 heavy (non-hydrogen) atoms. The van der Waals surface area contributed by atoms with Gasteiger partial charge in [-0.2, -0.15) is 5.10 Å². The zero-order valence-corrected chi connectivity index (χ0v) is 9.50. The van der Waals surface area contributed by atoms with E-state index in [1.807, 2.05) is 20.8 Å². The van der Waals surface area contributed by atoms with E-state index in [1.54, 1.807) is 10.7 Å². The standard InChI is InChI=1S/C11H17N3O/c1-5-14-10(6-9(4)13-14)11(15)12-7-8(2)3/h6H,2,5,7H2,1,3-4H3,(H,12,15). The van der Waals surface area contributed by atoms with Crippen molar-refractivity contribution in [2.75, 3.05) is 6.54 Å². The van der Waals surface area contributed by atoms with E-state index in [-0.39, 0.29) is 5.91 Å². The van der Waals surface area contributed by atoms with E-state index in [1.165, 1.54) is 0 Å². The van der Waals surface area contributed by atoms with Gasteiger partial charge in [-0.1, -0.05) is 12.2 Å². The highest BCUT2D eigenvalue weighted by atomic mass is 16.2. The van der Waals surface area contributed by atoms with Crippen LogP contribution in [0.15, 0.2) is 18.2 Å². The first kappa shape index (κ1) is 11.5. The fourth-order valence-electron chi connectivity index (χ4n) is 1.29. The van der Waals surface area contributed by atoms with E-state index in [4.69, 9.17) is 0 Å². The van der Waals surface area contributed by atoms with Crippen molar-refractivity contribution >= 4 is 5.91 Å². The van der Waals surface area contributed by atoms with Gasteiger partial charge >= 0.3 is 0 Å². The van der Waals surface area contributed by atoms with Gasteiger partial charge in [0.05, 0.1) is 5.69 Å². The number of hydrogen-bond acceptors (Lipinski definition) is 2. The number of nitrogens with one attached hydrogen (secondary N) is 1. The highest BCUT2D eigenvalue weighted by molar-refractivity contribution is 5.92. The molecule has 0 fully saturated rings. The van der Waals surface area contributed by atoms with Gasteiger partial charge in [0, 0.05) is 13.1 Å². The van der Waals surface area contributed by atoms with Crippen LogP contribution in [0.3, 0.4) is 0 Å². The van der Waals surface area contributed by atoms with Crippen LogP contribution in [-0.2, 0) is 6.54 Å². The third-order valence-corrected chi connectivity index (χ3v) is 1.99. The molecule has 0 saturated heterocycles. The number of aromatic nitrogens is 2. The van der Waals surface area contributed by atoms with Crippen molar-refractivity contribution in [3.05, 3.63) is 29.6 Å². The molecule has 0 atom stereocenters. The molecule has 1 aromatic heterocycles. The molecule has 0 saturated carbocycles. The average Bonchev–Trinajstić information content (AvgIpc) is 2.56. The minimum Gasteiger partial charge on any atom is -0.347 e. The van der Waals surface area contributed by atoms with E-state index in [2.05, 4.69) is 17.0 Å². The van der Waals surface area contributed by atoms with E-state index in [0.29, 0.717) is 18.8 Å². The molecule has 1 aromatic rings. The van der Waals surface area contributed by atoms with Gasteiger partial charge in [-0.25, -0.2) is 0 Å². The van der Waals surface area contributed by atoms with Crippen LogP contribution in [0.2, 0.25) is 0 Å². The van der Waals surface area contributed by atoms with Crippen molar-refractivity contribution in [3.8, 4) is 0 Å². The lowest BCUT2D eigenvalue weighted by atomic mass is 10.3. The van der Waals surface area contributed by atoms with Gasteiger partial charge in [0.25, 0.3) is 5.91 Å². The number of carbonyl (C=O) groups is 1. The Balaban J connectivity index is 2.76. The van der Waals surface area contributed by atoms with Crippen LogP contribution >= 0.6 is 0 Å². The molecule has 4 heteroatoms. The monoisotopic (exact) mass is 207 g/mol. The minimum atomic E-state index is -0.0968. The summed E-state index contributed by atoms with van der Waals surface area (Å²) in [4.78, 5) is 11.7. The van der Waals surface area contributed by atoms with Gasteiger partial charge < -0.3 is 5.32 Å². The molecule has 0 aliphatic rings. The molecular weight excluding hydrogens is 190 g/mol. The predicted molar refractivity (Wildman–Crippen MR) is 59.8 cm³/mol. The number of amides is 1. The second-order valence-corrected chi connectivity index (χ2v) is 3.63. The summed E-state index contributed by atoms with van der Waals surface area (Å²) in [7, 11) is 0. The highest BCUT2D eigenvalue weighted by Crippen LogP contribution is 2.03. The first-order chi connectivity index (χ1) is 7.04. The molecule has 0 bridgehead atoms. The Kier molecular flexibility index (Phi) is 3.66. The smallest absolute Gasteiger partial charge is 0.269 e. The van der Waals surface area contributed by atoms with Gasteiger partial charge in [-0.05, 0) is 26.8 Å². The van der Waals surface area contributed by atoms with Gasteiger partial charge in [0.1, 0.15) is 5.69 Å². The topological polar surface area (TPSA) is 46.9 Å². The van der Waals surface area contributed by atoms with Crippen molar-refractivity contribution in [1.29, 1.82) is 0 Å². The predicted octanol–water partition coefficient (Wildman–Crippen LogP) is 1.52. The summed E-state index contributed by atoms with van der Waals surface area (Å²) in [6, 6.07) is 1.79. The minimum absolute atomic E-state index is 0.0968. The molecule has 0 spiro atoms. The van der Waals surface area contributed by atoms with Crippen LogP contribution in [0.1, 0.15) is 30.0 Å². The zero-order chi connectivity index (χ0) is 11.4. The highest BCUT2D eigenvalue weighted by Gasteiger charge is 2.11. The molecule has 1 rings (SSSR count). The van der Waals surface area contributed by atoms with Gasteiger partial charge in [0.15, 0.2) is 0 Å². The fraction of sp³-hybridized carbons (Fsp3) is 0.455. The van der Waals surface area contributed by atoms with Crippen LogP contribution in [0.25, 0.3) is 0 Å². The lowest BCUT2D eigenvalue weighted by Crippen LogP contribution is -2.27. The second-order valence-electron chi connectivity index (χ2n) is 3.63. The summed E-state index contributed by atoms with van der Waals surface area (Å²) >= 11 is 0. The van der Waals surface area contributed by atoms with Crippen molar-refractivity contribution in [2.24, 2.45) is 0 Å². The number of nitrogens with zero attached hydrogens (tertiary/aromatic N) is 2. The molecule has 1 N–H and O–H groups in total. The maximum Gasteiger partial charge on any atom is 0.269 e. The molecule has 0 aliphatic heterocycles. The SMILES string of the molecule is C=C(C)CNC(=O)c1cc(C)nn1CC. The molecule has 0 aromatic carbocycles. The molecule has 0 radical (unpaired) electrons. The molecule has 4 nitrogen and oxygen atoms in total. The van der Waals surface area contributed by atoms with Crippen molar-refractivity contribution in [3.63, 3.8) is 0 Å². The maximum absolute atomic E-state index is 11.7. The van der Waals surface area contributed by atoms with Gasteiger partial charge in [-0.3, -0.25) is 9.48 Å². The molecule has 0 aliphatic carbocycles. The van der Waals surface area contributed by atoms with E-state index < -0.39 is 0 Å². The summed E-state index contributed by atoms with van der Waals surface area (Å²) in [6.45, 7) is 10.7. The van der Waals surface area contributed by atoms with Crippen molar-refractivity contribution < 1.29 is 4.79 Å². The second kappa shape index (κ2) is 4.77. The summed E-state index contributed by atoms with van der Waals surface area (Å²) in [5, 5.41) is 7.00. The first-order valence-electron chi connectivity index (χ1n) is 5.01. The Morgan fingerprint density at radius 3 is 2.87 bits per heavy atom. The fourth-order valence-corrected chi connectivity index (χ4v) is 1.29. The number of aryl methyl sites for hydroxylation is 2. The molecule has 1 heterocycles. The van der Waals surface area contributed by atoms with Crippen LogP contribution in [0, 0.1) is 6.92 Å². The molecular formula is C11H17N3O. The third-order valence-electron chi connectivity index (χ3n) is 1.99. The van der Waals surface area contributed by atoms with Gasteiger partial charge in [-0.15, -0.1) is 0 Å². The lowest BCUT2D eigenvalue weighted by Gasteiger charge is -2.05. The quantitative estimate of drug-likeness (QED) is 0.761. The number of hydrogen-bond donors (Lipinski definition) is 1. The van der Waals surface area contributed by atoms with E-state index >= 15 is 0 Å². The number of rotatable bonds is 4. The summed E-state index contributed by atoms with van der Waals surface area (Å²) in [6.07, 6.45) is 0. The normalized spacial score (nSPS) is 10.1. The molecule has 0 unspecified atom stereocenters. The first-order valence-corrected chi connectivity index (χ1v) is 5.01. The summed E-state index contributed by atoms with van der Waals surface area (Å²) in [5.74, 6) is -0.0968. The zero-order valence-electron chi connectivity index (χ0n) is 9.50. The summed E-state index contributed by atoms with van der Waals surface area (Å²) < 4.78 is 1.70. The van der Waals surface area contributed by atoms with Crippen molar-refractivity contribution in [1.82, 2.24) is 15.1 Å². The van der Waals surface area contributed by atoms with Crippen LogP contribution < -0.4 is 5.32 Å². The average molecular weight is 207 g/mol. The molecule has 1 amide bonds. The lowest BCUT2D eigenvalue weighted by molar-refractivity contribution is 0.0946. The summed E-state index contributed by atoms with van der Waals surface area (Å²) in [5.41, 5.74) is 2.40.